The van der Waals surface area contributed by atoms with Crippen LogP contribution in [-0.4, -0.2) is 10.9 Å². The van der Waals surface area contributed by atoms with E-state index in [1.807, 2.05) is 37.3 Å². The molecular weight excluding hydrogens is 216 g/mol. The second kappa shape index (κ2) is 5.30. The summed E-state index contributed by atoms with van der Waals surface area (Å²) in [4.78, 5) is 15.6. The number of nitrogens with zero attached hydrogens (tertiary/aromatic N) is 1. The van der Waals surface area contributed by atoms with E-state index in [4.69, 9.17) is 4.42 Å². The van der Waals surface area contributed by atoms with Gasteiger partial charge in [0.25, 0.3) is 0 Å². The van der Waals surface area contributed by atoms with E-state index in [0.29, 0.717) is 5.69 Å². The third kappa shape index (κ3) is 3.17. The molecule has 0 spiro atoms. The Bertz CT molecular complexity index is 465. The standard InChI is InChI=1S/C13H14N2O2/c1-10(11-5-3-2-4-6-11)15-13(16)7-12-8-17-9-14-12/h2-6,8-10H,7H2,1H3,(H,15,16). The Morgan fingerprint density at radius 1 is 1.41 bits per heavy atom. The Kier molecular flexibility index (Phi) is 3.55. The van der Waals surface area contributed by atoms with E-state index in [-0.39, 0.29) is 18.4 Å². The molecule has 1 aromatic heterocycles. The van der Waals surface area contributed by atoms with E-state index < -0.39 is 0 Å². The van der Waals surface area contributed by atoms with Gasteiger partial charge in [0.2, 0.25) is 5.91 Å². The van der Waals surface area contributed by atoms with Gasteiger partial charge in [-0.15, -0.1) is 0 Å². The molecule has 1 unspecified atom stereocenters. The minimum Gasteiger partial charge on any atom is -0.451 e. The van der Waals surface area contributed by atoms with Crippen LogP contribution in [0.15, 0.2) is 47.4 Å². The molecule has 0 aliphatic carbocycles. The molecule has 2 rings (SSSR count). The molecule has 2 aromatic rings. The first-order valence-electron chi connectivity index (χ1n) is 5.47. The lowest BCUT2D eigenvalue weighted by Gasteiger charge is -2.13. The molecule has 4 heteroatoms. The van der Waals surface area contributed by atoms with Gasteiger partial charge in [0.1, 0.15) is 6.26 Å². The van der Waals surface area contributed by atoms with Gasteiger partial charge < -0.3 is 9.73 Å². The summed E-state index contributed by atoms with van der Waals surface area (Å²) >= 11 is 0. The molecular formula is C13H14N2O2. The topological polar surface area (TPSA) is 55.1 Å². The van der Waals surface area contributed by atoms with Crippen molar-refractivity contribution in [2.75, 3.05) is 0 Å². The zero-order valence-corrected chi connectivity index (χ0v) is 9.59. The number of oxazole rings is 1. The first-order valence-corrected chi connectivity index (χ1v) is 5.47. The summed E-state index contributed by atoms with van der Waals surface area (Å²) in [5, 5.41) is 2.91. The zero-order valence-electron chi connectivity index (χ0n) is 9.59. The molecule has 1 aromatic carbocycles. The maximum Gasteiger partial charge on any atom is 0.226 e. The minimum absolute atomic E-state index is 0.00407. The van der Waals surface area contributed by atoms with Crippen molar-refractivity contribution in [3.63, 3.8) is 0 Å². The highest BCUT2D eigenvalue weighted by atomic mass is 16.3. The van der Waals surface area contributed by atoms with Crippen LogP contribution in [0, 0.1) is 0 Å². The number of amides is 1. The van der Waals surface area contributed by atoms with Crippen LogP contribution < -0.4 is 5.32 Å². The summed E-state index contributed by atoms with van der Waals surface area (Å²) in [7, 11) is 0. The van der Waals surface area contributed by atoms with E-state index in [2.05, 4.69) is 10.3 Å². The monoisotopic (exact) mass is 230 g/mol. The lowest BCUT2D eigenvalue weighted by atomic mass is 10.1. The molecule has 0 saturated heterocycles. The molecule has 88 valence electrons. The summed E-state index contributed by atoms with van der Waals surface area (Å²) in [5.41, 5.74) is 1.73. The molecule has 0 aliphatic heterocycles. The van der Waals surface area contributed by atoms with Gasteiger partial charge in [0, 0.05) is 0 Å². The highest BCUT2D eigenvalue weighted by Crippen LogP contribution is 2.11. The van der Waals surface area contributed by atoms with Crippen molar-refractivity contribution in [1.29, 1.82) is 0 Å². The first kappa shape index (κ1) is 11.4. The van der Waals surface area contributed by atoms with Gasteiger partial charge in [-0.2, -0.15) is 0 Å². The summed E-state index contributed by atoms with van der Waals surface area (Å²) < 4.78 is 4.81. The SMILES string of the molecule is CC(NC(=O)Cc1cocn1)c1ccccc1. The third-order valence-electron chi connectivity index (χ3n) is 2.50. The molecule has 4 nitrogen and oxygen atoms in total. The van der Waals surface area contributed by atoms with Gasteiger partial charge >= 0.3 is 0 Å². The number of hydrogen-bond acceptors (Lipinski definition) is 3. The van der Waals surface area contributed by atoms with E-state index in [9.17, 15) is 4.79 Å². The molecule has 1 N–H and O–H groups in total. The average molecular weight is 230 g/mol. The van der Waals surface area contributed by atoms with Crippen molar-refractivity contribution < 1.29 is 9.21 Å². The van der Waals surface area contributed by atoms with Crippen LogP contribution in [0.3, 0.4) is 0 Å². The summed E-state index contributed by atoms with van der Waals surface area (Å²) in [5.74, 6) is -0.0600. The van der Waals surface area contributed by atoms with Gasteiger partial charge in [-0.25, -0.2) is 4.98 Å². The number of benzene rings is 1. The Hall–Kier alpha value is -2.10. The van der Waals surface area contributed by atoms with Gasteiger partial charge in [0.15, 0.2) is 6.39 Å². The molecule has 1 heterocycles. The van der Waals surface area contributed by atoms with Crippen LogP contribution in [0.25, 0.3) is 0 Å². The maximum atomic E-state index is 11.7. The quantitative estimate of drug-likeness (QED) is 0.875. The fourth-order valence-electron chi connectivity index (χ4n) is 1.61. The van der Waals surface area contributed by atoms with Crippen molar-refractivity contribution >= 4 is 5.91 Å². The fourth-order valence-corrected chi connectivity index (χ4v) is 1.61. The smallest absolute Gasteiger partial charge is 0.226 e. The van der Waals surface area contributed by atoms with Crippen LogP contribution in [0.1, 0.15) is 24.2 Å². The second-order valence-electron chi connectivity index (χ2n) is 3.86. The normalized spacial score (nSPS) is 12.1. The highest BCUT2D eigenvalue weighted by molar-refractivity contribution is 5.78. The van der Waals surface area contributed by atoms with Gasteiger partial charge in [-0.1, -0.05) is 30.3 Å². The minimum atomic E-state index is -0.0600. The van der Waals surface area contributed by atoms with Crippen LogP contribution in [-0.2, 0) is 11.2 Å². The lowest BCUT2D eigenvalue weighted by Crippen LogP contribution is -2.28. The molecule has 0 saturated carbocycles. The van der Waals surface area contributed by atoms with E-state index in [1.54, 1.807) is 0 Å². The number of hydrogen-bond donors (Lipinski definition) is 1. The van der Waals surface area contributed by atoms with Crippen LogP contribution in [0.4, 0.5) is 0 Å². The molecule has 17 heavy (non-hydrogen) atoms. The average Bonchev–Trinajstić information content (AvgIpc) is 2.82. The number of aromatic nitrogens is 1. The third-order valence-corrected chi connectivity index (χ3v) is 2.50. The largest absolute Gasteiger partial charge is 0.451 e. The zero-order chi connectivity index (χ0) is 12.1. The molecule has 0 bridgehead atoms. The lowest BCUT2D eigenvalue weighted by molar-refractivity contribution is -0.121. The number of carbonyl (C=O) groups excluding carboxylic acids is 1. The maximum absolute atomic E-state index is 11.7. The Morgan fingerprint density at radius 2 is 2.18 bits per heavy atom. The molecule has 0 radical (unpaired) electrons. The van der Waals surface area contributed by atoms with Crippen molar-refractivity contribution in [2.45, 2.75) is 19.4 Å². The summed E-state index contributed by atoms with van der Waals surface area (Å²) in [6.07, 6.45) is 3.05. The highest BCUT2D eigenvalue weighted by Gasteiger charge is 2.10. The number of carbonyl (C=O) groups is 1. The van der Waals surface area contributed by atoms with Gasteiger partial charge in [0.05, 0.1) is 18.2 Å². The molecule has 1 amide bonds. The number of rotatable bonds is 4. The predicted molar refractivity (Wildman–Crippen MR) is 63.2 cm³/mol. The Labute approximate surface area is 99.7 Å². The molecule has 1 atom stereocenters. The van der Waals surface area contributed by atoms with E-state index in [1.165, 1.54) is 12.7 Å². The molecule has 0 fully saturated rings. The van der Waals surface area contributed by atoms with Crippen molar-refractivity contribution in [3.8, 4) is 0 Å². The van der Waals surface area contributed by atoms with Crippen molar-refractivity contribution in [3.05, 3.63) is 54.2 Å². The second-order valence-corrected chi connectivity index (χ2v) is 3.86. The predicted octanol–water partition coefficient (Wildman–Crippen LogP) is 2.09. The van der Waals surface area contributed by atoms with E-state index in [0.717, 1.165) is 5.56 Å². The van der Waals surface area contributed by atoms with Crippen molar-refractivity contribution in [1.82, 2.24) is 10.3 Å². The molecule has 0 aliphatic rings. The van der Waals surface area contributed by atoms with Crippen molar-refractivity contribution in [2.24, 2.45) is 0 Å². The summed E-state index contributed by atoms with van der Waals surface area (Å²) in [6, 6.07) is 9.83. The number of nitrogens with one attached hydrogen (secondary N) is 1. The van der Waals surface area contributed by atoms with Crippen LogP contribution in [0.2, 0.25) is 0 Å². The van der Waals surface area contributed by atoms with Gasteiger partial charge in [-0.3, -0.25) is 4.79 Å². The van der Waals surface area contributed by atoms with E-state index >= 15 is 0 Å². The van der Waals surface area contributed by atoms with Gasteiger partial charge in [-0.05, 0) is 12.5 Å². The Morgan fingerprint density at radius 3 is 2.82 bits per heavy atom. The Balaban J connectivity index is 1.91. The first-order chi connectivity index (χ1) is 8.25. The fraction of sp³-hybridized carbons (Fsp3) is 0.231. The van der Waals surface area contributed by atoms with Crippen LogP contribution in [0.5, 0.6) is 0 Å². The summed E-state index contributed by atoms with van der Waals surface area (Å²) in [6.45, 7) is 1.95. The van der Waals surface area contributed by atoms with Crippen LogP contribution >= 0.6 is 0 Å².